The second-order valence-electron chi connectivity index (χ2n) is 5.20. The van der Waals surface area contributed by atoms with Crippen LogP contribution in [0.2, 0.25) is 0 Å². The average Bonchev–Trinajstić information content (AvgIpc) is 2.95. The molecule has 0 saturated heterocycles. The largest absolute Gasteiger partial charge is 0.423 e. The van der Waals surface area contributed by atoms with Gasteiger partial charge in [0.25, 0.3) is 0 Å². The van der Waals surface area contributed by atoms with Gasteiger partial charge >= 0.3 is 5.97 Å². The number of aryl methyl sites for hydroxylation is 2. The van der Waals surface area contributed by atoms with Crippen molar-refractivity contribution in [2.24, 2.45) is 0 Å². The average molecular weight is 332 g/mol. The Morgan fingerprint density at radius 3 is 3.00 bits per heavy atom. The molecule has 0 atom stereocenters. The number of carbonyl (C=O) groups excluding carboxylic acids is 2. The second kappa shape index (κ2) is 6.33. The first-order chi connectivity index (χ1) is 11.0. The lowest BCUT2D eigenvalue weighted by Gasteiger charge is -2.29. The monoisotopic (exact) mass is 332 g/mol. The molecule has 1 aromatic carbocycles. The molecule has 3 rings (SSSR count). The van der Waals surface area contributed by atoms with E-state index in [0.717, 1.165) is 22.7 Å². The molecule has 8 heteroatoms. The van der Waals surface area contributed by atoms with Crippen LogP contribution < -0.4 is 15.0 Å². The topological polar surface area (TPSA) is 84.4 Å². The van der Waals surface area contributed by atoms with Crippen molar-refractivity contribution in [3.63, 3.8) is 0 Å². The Morgan fingerprint density at radius 1 is 1.43 bits per heavy atom. The minimum atomic E-state index is -0.377. The Morgan fingerprint density at radius 2 is 2.26 bits per heavy atom. The van der Waals surface area contributed by atoms with Crippen LogP contribution in [0.3, 0.4) is 0 Å². The predicted molar refractivity (Wildman–Crippen MR) is 86.9 cm³/mol. The molecule has 1 amide bonds. The Hall–Kier alpha value is -2.48. The van der Waals surface area contributed by atoms with Gasteiger partial charge in [-0.25, -0.2) is 4.79 Å². The van der Waals surface area contributed by atoms with Gasteiger partial charge in [-0.3, -0.25) is 10.1 Å². The zero-order valence-electron chi connectivity index (χ0n) is 12.8. The van der Waals surface area contributed by atoms with Crippen LogP contribution >= 0.6 is 11.3 Å². The van der Waals surface area contributed by atoms with Gasteiger partial charge in [-0.1, -0.05) is 24.3 Å². The molecule has 23 heavy (non-hydrogen) atoms. The number of hydrogen-bond acceptors (Lipinski definition) is 7. The fourth-order valence-electron chi connectivity index (χ4n) is 2.28. The van der Waals surface area contributed by atoms with E-state index >= 15 is 0 Å². The highest BCUT2D eigenvalue weighted by atomic mass is 32.1. The summed E-state index contributed by atoms with van der Waals surface area (Å²) in [4.78, 5) is 25.6. The van der Waals surface area contributed by atoms with Crippen LogP contribution in [-0.4, -0.2) is 35.2 Å². The fourth-order valence-corrected chi connectivity index (χ4v) is 2.97. The highest BCUT2D eigenvalue weighted by molar-refractivity contribution is 7.15. The smallest absolute Gasteiger partial charge is 0.331 e. The predicted octanol–water partition coefficient (Wildman–Crippen LogP) is 1.77. The van der Waals surface area contributed by atoms with Crippen LogP contribution in [0.5, 0.6) is 5.75 Å². The molecule has 0 bridgehead atoms. The van der Waals surface area contributed by atoms with Crippen molar-refractivity contribution >= 4 is 34.0 Å². The maximum Gasteiger partial charge on any atom is 0.331 e. The van der Waals surface area contributed by atoms with E-state index in [2.05, 4.69) is 15.5 Å². The molecular formula is C15H16N4O3S. The van der Waals surface area contributed by atoms with Crippen molar-refractivity contribution in [1.29, 1.82) is 0 Å². The summed E-state index contributed by atoms with van der Waals surface area (Å²) in [6, 6.07) is 5.50. The van der Waals surface area contributed by atoms with Gasteiger partial charge in [0.1, 0.15) is 11.6 Å². The molecule has 1 N–H and O–H groups in total. The minimum absolute atomic E-state index is 0.0419. The number of fused-ring (bicyclic) bond motifs is 1. The van der Waals surface area contributed by atoms with E-state index < -0.39 is 0 Å². The normalized spacial score (nSPS) is 13.5. The summed E-state index contributed by atoms with van der Waals surface area (Å²) in [5.41, 5.74) is 1.77. The molecule has 0 saturated carbocycles. The van der Waals surface area contributed by atoms with E-state index in [1.165, 1.54) is 11.3 Å². The maximum absolute atomic E-state index is 12.2. The standard InChI is InChI=1S/C15H16N4O3S/c1-3-13-17-18-15(23-13)16-12(20)7-19-8-14(21)22-11-5-4-9(2)6-10(11)19/h4-6H,3,7-8H2,1-2H3,(H,16,18,20). The number of benzene rings is 1. The van der Waals surface area contributed by atoms with E-state index in [4.69, 9.17) is 4.74 Å². The Balaban J connectivity index is 1.73. The molecule has 0 unspecified atom stereocenters. The molecule has 1 aliphatic heterocycles. The quantitative estimate of drug-likeness (QED) is 0.678. The molecule has 0 aliphatic carbocycles. The van der Waals surface area contributed by atoms with Crippen molar-refractivity contribution in [2.45, 2.75) is 20.3 Å². The molecule has 2 aromatic rings. The summed E-state index contributed by atoms with van der Waals surface area (Å²) >= 11 is 1.35. The number of aromatic nitrogens is 2. The first kappa shape index (κ1) is 15.4. The van der Waals surface area contributed by atoms with Gasteiger partial charge < -0.3 is 9.64 Å². The highest BCUT2D eigenvalue weighted by Crippen LogP contribution is 2.32. The van der Waals surface area contributed by atoms with Crippen LogP contribution in [0.1, 0.15) is 17.5 Å². The first-order valence-corrected chi connectivity index (χ1v) is 8.05. The number of carbonyl (C=O) groups is 2. The van der Waals surface area contributed by atoms with Gasteiger partial charge in [0, 0.05) is 0 Å². The van der Waals surface area contributed by atoms with E-state index in [0.29, 0.717) is 10.9 Å². The Kier molecular flexibility index (Phi) is 4.24. The summed E-state index contributed by atoms with van der Waals surface area (Å²) in [7, 11) is 0. The number of nitrogens with zero attached hydrogens (tertiary/aromatic N) is 3. The van der Waals surface area contributed by atoms with Crippen LogP contribution in [0.25, 0.3) is 0 Å². The van der Waals surface area contributed by atoms with Crippen LogP contribution in [0, 0.1) is 6.92 Å². The molecule has 0 fully saturated rings. The fraction of sp³-hybridized carbons (Fsp3) is 0.333. The molecule has 2 heterocycles. The minimum Gasteiger partial charge on any atom is -0.423 e. The lowest BCUT2D eigenvalue weighted by molar-refractivity contribution is -0.133. The molecule has 1 aromatic heterocycles. The van der Waals surface area contributed by atoms with Crippen LogP contribution in [0.4, 0.5) is 10.8 Å². The Bertz CT molecular complexity index is 759. The number of esters is 1. The van der Waals surface area contributed by atoms with E-state index in [9.17, 15) is 9.59 Å². The number of hydrogen-bond donors (Lipinski definition) is 1. The summed E-state index contributed by atoms with van der Waals surface area (Å²) < 4.78 is 5.20. The third kappa shape index (κ3) is 3.48. The number of rotatable bonds is 4. The van der Waals surface area contributed by atoms with E-state index in [1.807, 2.05) is 26.0 Å². The summed E-state index contributed by atoms with van der Waals surface area (Å²) in [5, 5.41) is 11.9. The highest BCUT2D eigenvalue weighted by Gasteiger charge is 2.26. The Labute approximate surface area is 137 Å². The molecule has 1 aliphatic rings. The van der Waals surface area contributed by atoms with Crippen LogP contribution in [-0.2, 0) is 16.0 Å². The molecule has 120 valence electrons. The van der Waals surface area contributed by atoms with Gasteiger partial charge in [0.05, 0.1) is 12.2 Å². The molecule has 0 radical (unpaired) electrons. The van der Waals surface area contributed by atoms with E-state index in [1.54, 1.807) is 11.0 Å². The van der Waals surface area contributed by atoms with Gasteiger partial charge in [0.15, 0.2) is 5.75 Å². The van der Waals surface area contributed by atoms with Crippen LogP contribution in [0.15, 0.2) is 18.2 Å². The van der Waals surface area contributed by atoms with E-state index in [-0.39, 0.29) is 25.0 Å². The SMILES string of the molecule is CCc1nnc(NC(=O)CN2CC(=O)Oc3ccc(C)cc32)s1. The van der Waals surface area contributed by atoms with Crippen molar-refractivity contribution in [1.82, 2.24) is 10.2 Å². The molecule has 7 nitrogen and oxygen atoms in total. The lowest BCUT2D eigenvalue weighted by atomic mass is 10.1. The second-order valence-corrected chi connectivity index (χ2v) is 6.27. The zero-order chi connectivity index (χ0) is 16.4. The zero-order valence-corrected chi connectivity index (χ0v) is 13.6. The first-order valence-electron chi connectivity index (χ1n) is 7.23. The van der Waals surface area contributed by atoms with Gasteiger partial charge in [-0.15, -0.1) is 10.2 Å². The summed E-state index contributed by atoms with van der Waals surface area (Å²) in [6.45, 7) is 4.01. The molecular weight excluding hydrogens is 316 g/mol. The third-order valence-electron chi connectivity index (χ3n) is 3.35. The molecule has 0 spiro atoms. The summed E-state index contributed by atoms with van der Waals surface area (Å²) in [5.74, 6) is -0.145. The number of amides is 1. The third-order valence-corrected chi connectivity index (χ3v) is 4.33. The lowest BCUT2D eigenvalue weighted by Crippen LogP contribution is -2.41. The number of anilines is 2. The van der Waals surface area contributed by atoms with Gasteiger partial charge in [0.2, 0.25) is 11.0 Å². The van der Waals surface area contributed by atoms with Crippen molar-refractivity contribution in [3.8, 4) is 5.75 Å². The van der Waals surface area contributed by atoms with Crippen molar-refractivity contribution in [3.05, 3.63) is 28.8 Å². The van der Waals surface area contributed by atoms with Crippen molar-refractivity contribution < 1.29 is 14.3 Å². The van der Waals surface area contributed by atoms with Crippen molar-refractivity contribution in [2.75, 3.05) is 23.3 Å². The van der Waals surface area contributed by atoms with Gasteiger partial charge in [-0.05, 0) is 31.0 Å². The number of ether oxygens (including phenoxy) is 1. The maximum atomic E-state index is 12.2. The number of nitrogens with one attached hydrogen (secondary N) is 1. The van der Waals surface area contributed by atoms with Gasteiger partial charge in [-0.2, -0.15) is 0 Å². The summed E-state index contributed by atoms with van der Waals surface area (Å²) in [6.07, 6.45) is 0.776.